The summed E-state index contributed by atoms with van der Waals surface area (Å²) in [5.41, 5.74) is -0.108. The van der Waals surface area contributed by atoms with Crippen LogP contribution in [0.15, 0.2) is 42.9 Å². The lowest BCUT2D eigenvalue weighted by atomic mass is 10.1. The molecule has 0 aromatic carbocycles. The lowest BCUT2D eigenvalue weighted by Gasteiger charge is -2.14. The summed E-state index contributed by atoms with van der Waals surface area (Å²) < 4.78 is 37.1. The fourth-order valence-electron chi connectivity index (χ4n) is 1.71. The van der Waals surface area contributed by atoms with Gasteiger partial charge < -0.3 is 5.32 Å². The summed E-state index contributed by atoms with van der Waals surface area (Å²) in [5, 5.41) is 2.68. The van der Waals surface area contributed by atoms with E-state index in [9.17, 15) is 18.0 Å². The van der Waals surface area contributed by atoms with E-state index in [4.69, 9.17) is 0 Å². The molecule has 1 unspecified atom stereocenters. The quantitative estimate of drug-likeness (QED) is 0.947. The lowest BCUT2D eigenvalue weighted by Crippen LogP contribution is -2.27. The van der Waals surface area contributed by atoms with Crippen molar-refractivity contribution in [3.63, 3.8) is 0 Å². The Bertz CT molecular complexity index is 612. The molecule has 1 atom stereocenters. The maximum Gasteiger partial charge on any atom is 0.433 e. The van der Waals surface area contributed by atoms with E-state index in [1.165, 1.54) is 0 Å². The van der Waals surface area contributed by atoms with Crippen molar-refractivity contribution in [1.82, 2.24) is 15.3 Å². The number of rotatable bonds is 3. The number of nitrogens with one attached hydrogen (secondary N) is 1. The van der Waals surface area contributed by atoms with E-state index in [1.807, 2.05) is 0 Å². The predicted molar refractivity (Wildman–Crippen MR) is 69.4 cm³/mol. The molecule has 0 aliphatic carbocycles. The number of hydrogen-bond donors (Lipinski definition) is 1. The first-order valence-corrected chi connectivity index (χ1v) is 6.12. The average Bonchev–Trinajstić information content (AvgIpc) is 2.47. The van der Waals surface area contributed by atoms with Gasteiger partial charge in [-0.2, -0.15) is 13.2 Å². The van der Waals surface area contributed by atoms with Gasteiger partial charge in [0.15, 0.2) is 0 Å². The van der Waals surface area contributed by atoms with E-state index >= 15 is 0 Å². The van der Waals surface area contributed by atoms with Crippen LogP contribution in [-0.4, -0.2) is 15.9 Å². The molecule has 1 amide bonds. The molecule has 110 valence electrons. The third-order valence-corrected chi connectivity index (χ3v) is 2.87. The van der Waals surface area contributed by atoms with Gasteiger partial charge in [-0.1, -0.05) is 0 Å². The summed E-state index contributed by atoms with van der Waals surface area (Å²) >= 11 is 0. The number of carbonyl (C=O) groups excluding carboxylic acids is 1. The molecule has 1 N–H and O–H groups in total. The summed E-state index contributed by atoms with van der Waals surface area (Å²) in [7, 11) is 0. The van der Waals surface area contributed by atoms with Crippen LogP contribution in [0, 0.1) is 0 Å². The smallest absolute Gasteiger partial charge is 0.345 e. The van der Waals surface area contributed by atoms with Crippen LogP contribution in [-0.2, 0) is 6.18 Å². The van der Waals surface area contributed by atoms with Crippen LogP contribution in [0.5, 0.6) is 0 Å². The minimum absolute atomic E-state index is 0.0731. The van der Waals surface area contributed by atoms with E-state index < -0.39 is 17.8 Å². The SMILES string of the molecule is CC(NC(=O)c1ccc(C(F)(F)F)nc1)c1ccncc1. The Morgan fingerprint density at radius 1 is 1.19 bits per heavy atom. The zero-order valence-corrected chi connectivity index (χ0v) is 11.1. The Labute approximate surface area is 119 Å². The van der Waals surface area contributed by atoms with Crippen molar-refractivity contribution in [3.8, 4) is 0 Å². The number of aromatic nitrogens is 2. The Balaban J connectivity index is 2.07. The van der Waals surface area contributed by atoms with Gasteiger partial charge in [-0.05, 0) is 36.8 Å². The van der Waals surface area contributed by atoms with Gasteiger partial charge in [-0.15, -0.1) is 0 Å². The van der Waals surface area contributed by atoms with Gasteiger partial charge in [0.2, 0.25) is 0 Å². The van der Waals surface area contributed by atoms with Crippen LogP contribution in [0.1, 0.15) is 34.6 Å². The van der Waals surface area contributed by atoms with Crippen molar-refractivity contribution >= 4 is 5.91 Å². The van der Waals surface area contributed by atoms with Crippen molar-refractivity contribution in [3.05, 3.63) is 59.7 Å². The molecule has 2 rings (SSSR count). The highest BCUT2D eigenvalue weighted by Gasteiger charge is 2.32. The van der Waals surface area contributed by atoms with Crippen LogP contribution in [0.3, 0.4) is 0 Å². The van der Waals surface area contributed by atoms with Gasteiger partial charge >= 0.3 is 6.18 Å². The Kier molecular flexibility index (Phi) is 4.21. The molecule has 7 heteroatoms. The van der Waals surface area contributed by atoms with Gasteiger partial charge in [-0.25, -0.2) is 0 Å². The molecule has 0 fully saturated rings. The second kappa shape index (κ2) is 5.90. The van der Waals surface area contributed by atoms with Crippen LogP contribution in [0.4, 0.5) is 13.2 Å². The van der Waals surface area contributed by atoms with Crippen molar-refractivity contribution in [1.29, 1.82) is 0 Å². The van der Waals surface area contributed by atoms with Gasteiger partial charge in [-0.3, -0.25) is 14.8 Å². The van der Waals surface area contributed by atoms with Crippen molar-refractivity contribution in [2.45, 2.75) is 19.1 Å². The maximum atomic E-state index is 12.4. The molecule has 0 saturated carbocycles. The summed E-state index contributed by atoms with van der Waals surface area (Å²) in [6.45, 7) is 1.77. The molecule has 21 heavy (non-hydrogen) atoms. The van der Waals surface area contributed by atoms with Crippen LogP contribution >= 0.6 is 0 Å². The second-order valence-electron chi connectivity index (χ2n) is 4.41. The predicted octanol–water partition coefficient (Wildman–Crippen LogP) is 2.99. The number of halogens is 3. The third kappa shape index (κ3) is 3.77. The fraction of sp³-hybridized carbons (Fsp3) is 0.214. The van der Waals surface area contributed by atoms with Crippen LogP contribution < -0.4 is 5.32 Å². The van der Waals surface area contributed by atoms with E-state index in [0.29, 0.717) is 0 Å². The van der Waals surface area contributed by atoms with Gasteiger partial charge in [0, 0.05) is 18.6 Å². The minimum atomic E-state index is -4.51. The maximum absolute atomic E-state index is 12.4. The van der Waals surface area contributed by atoms with Crippen molar-refractivity contribution in [2.24, 2.45) is 0 Å². The fourth-order valence-corrected chi connectivity index (χ4v) is 1.71. The summed E-state index contributed by atoms with van der Waals surface area (Å²) in [6, 6.07) is 5.09. The summed E-state index contributed by atoms with van der Waals surface area (Å²) in [5.74, 6) is -0.486. The second-order valence-corrected chi connectivity index (χ2v) is 4.41. The number of carbonyl (C=O) groups is 1. The van der Waals surface area contributed by atoms with Gasteiger partial charge in [0.1, 0.15) is 5.69 Å². The van der Waals surface area contributed by atoms with E-state index in [1.54, 1.807) is 31.5 Å². The number of nitrogens with zero attached hydrogens (tertiary/aromatic N) is 2. The zero-order valence-electron chi connectivity index (χ0n) is 11.1. The molecule has 0 aliphatic rings. The first-order valence-electron chi connectivity index (χ1n) is 6.12. The molecule has 4 nitrogen and oxygen atoms in total. The molecule has 0 radical (unpaired) electrons. The number of alkyl halides is 3. The first-order chi connectivity index (χ1) is 9.88. The first kappa shape index (κ1) is 15.0. The Morgan fingerprint density at radius 2 is 1.86 bits per heavy atom. The van der Waals surface area contributed by atoms with E-state index in [0.717, 1.165) is 23.9 Å². The normalized spacial score (nSPS) is 12.8. The highest BCUT2D eigenvalue weighted by atomic mass is 19.4. The van der Waals surface area contributed by atoms with Crippen molar-refractivity contribution < 1.29 is 18.0 Å². The molecular formula is C14H12F3N3O. The lowest BCUT2D eigenvalue weighted by molar-refractivity contribution is -0.141. The number of pyridine rings is 2. The third-order valence-electron chi connectivity index (χ3n) is 2.87. The molecule has 0 spiro atoms. The van der Waals surface area contributed by atoms with E-state index in [-0.39, 0.29) is 11.6 Å². The van der Waals surface area contributed by atoms with Gasteiger partial charge in [0.05, 0.1) is 11.6 Å². The minimum Gasteiger partial charge on any atom is -0.345 e. The monoisotopic (exact) mass is 295 g/mol. The van der Waals surface area contributed by atoms with E-state index in [2.05, 4.69) is 15.3 Å². The molecule has 0 saturated heterocycles. The Morgan fingerprint density at radius 3 is 2.38 bits per heavy atom. The molecule has 2 aromatic rings. The van der Waals surface area contributed by atoms with Crippen LogP contribution in [0.2, 0.25) is 0 Å². The summed E-state index contributed by atoms with van der Waals surface area (Å²) in [4.78, 5) is 19.1. The highest BCUT2D eigenvalue weighted by Crippen LogP contribution is 2.27. The average molecular weight is 295 g/mol. The standard InChI is InChI=1S/C14H12F3N3O/c1-9(10-4-6-18-7-5-10)20-13(21)11-2-3-12(19-8-11)14(15,16)17/h2-9H,1H3,(H,20,21). The molecule has 2 aromatic heterocycles. The molecule has 2 heterocycles. The topological polar surface area (TPSA) is 54.9 Å². The van der Waals surface area contributed by atoms with Gasteiger partial charge in [0.25, 0.3) is 5.91 Å². The molecule has 0 aliphatic heterocycles. The number of hydrogen-bond acceptors (Lipinski definition) is 3. The zero-order chi connectivity index (χ0) is 15.5. The number of amides is 1. The molecular weight excluding hydrogens is 283 g/mol. The largest absolute Gasteiger partial charge is 0.433 e. The highest BCUT2D eigenvalue weighted by molar-refractivity contribution is 5.94. The van der Waals surface area contributed by atoms with Crippen LogP contribution in [0.25, 0.3) is 0 Å². The Hall–Kier alpha value is -2.44. The summed E-state index contributed by atoms with van der Waals surface area (Å²) in [6.07, 6.45) is -0.411. The molecule has 0 bridgehead atoms. The van der Waals surface area contributed by atoms with Crippen molar-refractivity contribution in [2.75, 3.05) is 0 Å².